The molecule has 2 aromatic rings. The molecule has 0 bridgehead atoms. The Morgan fingerprint density at radius 2 is 2.08 bits per heavy atom. The molecule has 0 saturated carbocycles. The van der Waals surface area contributed by atoms with Crippen molar-refractivity contribution in [3.8, 4) is 0 Å². The predicted octanol–water partition coefficient (Wildman–Crippen LogP) is 0.993. The van der Waals surface area contributed by atoms with E-state index in [0.717, 1.165) is 0 Å². The summed E-state index contributed by atoms with van der Waals surface area (Å²) in [6.45, 7) is 4.32. The molecular weight excluding hydrogens is 249 g/mol. The maximum atomic E-state index is 3.33. The second-order valence-corrected chi connectivity index (χ2v) is 5.23. The van der Waals surface area contributed by atoms with Crippen molar-refractivity contribution in [2.24, 2.45) is 0 Å². The third-order valence-electron chi connectivity index (χ3n) is 2.06. The fourth-order valence-corrected chi connectivity index (χ4v) is 3.07. The van der Waals surface area contributed by atoms with Gasteiger partial charge in [0.05, 0.1) is 0 Å². The van der Waals surface area contributed by atoms with Gasteiger partial charge in [0.25, 0.3) is 0 Å². The number of hydrogen-bond acceptors (Lipinski definition) is 0. The monoisotopic (exact) mass is 262 g/mol. The molecule has 0 fully saturated rings. The molecule has 13 heavy (non-hydrogen) atoms. The van der Waals surface area contributed by atoms with Gasteiger partial charge in [-0.15, -0.1) is 0 Å². The maximum absolute atomic E-state index is 3.33. The van der Waals surface area contributed by atoms with Crippen LogP contribution in [0.2, 0.25) is 0 Å². The van der Waals surface area contributed by atoms with E-state index in [9.17, 15) is 0 Å². The SMILES string of the molecule is Cc1c[nH][c]([Ru][c]2ccc[nH]2)c1C. The van der Waals surface area contributed by atoms with Crippen LogP contribution in [-0.4, -0.2) is 9.97 Å². The second-order valence-electron chi connectivity index (χ2n) is 2.99. The molecule has 0 saturated heterocycles. The first-order valence-electron chi connectivity index (χ1n) is 4.17. The molecule has 2 heterocycles. The van der Waals surface area contributed by atoms with Gasteiger partial charge >= 0.3 is 85.2 Å². The fourth-order valence-electron chi connectivity index (χ4n) is 1.10. The molecule has 2 rings (SSSR count). The van der Waals surface area contributed by atoms with Crippen LogP contribution in [0.5, 0.6) is 0 Å². The summed E-state index contributed by atoms with van der Waals surface area (Å²) in [5.41, 5.74) is 2.77. The van der Waals surface area contributed by atoms with Gasteiger partial charge in [-0.25, -0.2) is 0 Å². The predicted molar refractivity (Wildman–Crippen MR) is 50.3 cm³/mol. The zero-order valence-electron chi connectivity index (χ0n) is 7.66. The van der Waals surface area contributed by atoms with Crippen molar-refractivity contribution in [3.63, 3.8) is 0 Å². The number of H-pyrrole nitrogens is 2. The Bertz CT molecular complexity index is 387. The van der Waals surface area contributed by atoms with Gasteiger partial charge in [0.1, 0.15) is 0 Å². The van der Waals surface area contributed by atoms with Crippen LogP contribution >= 0.6 is 0 Å². The normalized spacial score (nSPS) is 10.9. The summed E-state index contributed by atoms with van der Waals surface area (Å²) in [5, 5.41) is 0. The Kier molecular flexibility index (Phi) is 2.37. The molecule has 0 spiro atoms. The van der Waals surface area contributed by atoms with E-state index in [1.54, 1.807) is 0 Å². The summed E-state index contributed by atoms with van der Waals surface area (Å²) in [6, 6.07) is 4.20. The van der Waals surface area contributed by atoms with Gasteiger partial charge in [0.15, 0.2) is 0 Å². The molecule has 70 valence electrons. The zero-order valence-corrected chi connectivity index (χ0v) is 9.40. The number of nitrogens with one attached hydrogen (secondary N) is 2. The van der Waals surface area contributed by atoms with Gasteiger partial charge < -0.3 is 0 Å². The van der Waals surface area contributed by atoms with Gasteiger partial charge in [0, 0.05) is 0 Å². The van der Waals surface area contributed by atoms with Crippen molar-refractivity contribution < 1.29 is 17.1 Å². The summed E-state index contributed by atoms with van der Waals surface area (Å²) in [5.74, 6) is 0. The van der Waals surface area contributed by atoms with E-state index in [1.165, 1.54) is 19.7 Å². The Morgan fingerprint density at radius 3 is 2.62 bits per heavy atom. The summed E-state index contributed by atoms with van der Waals surface area (Å²) >= 11 is 0.138. The van der Waals surface area contributed by atoms with E-state index < -0.39 is 0 Å². The Balaban J connectivity index is 2.24. The zero-order chi connectivity index (χ0) is 9.26. The van der Waals surface area contributed by atoms with E-state index in [-0.39, 0.29) is 17.1 Å². The van der Waals surface area contributed by atoms with Gasteiger partial charge in [-0.3, -0.25) is 0 Å². The molecular formula is C10H12N2Ru. The second kappa shape index (κ2) is 3.51. The van der Waals surface area contributed by atoms with E-state index in [0.29, 0.717) is 0 Å². The van der Waals surface area contributed by atoms with E-state index >= 15 is 0 Å². The van der Waals surface area contributed by atoms with Crippen LogP contribution in [0, 0.1) is 13.8 Å². The molecule has 3 heteroatoms. The van der Waals surface area contributed by atoms with Crippen LogP contribution in [0.25, 0.3) is 0 Å². The average Bonchev–Trinajstić information content (AvgIpc) is 2.71. The van der Waals surface area contributed by atoms with E-state index in [4.69, 9.17) is 0 Å². The molecule has 0 radical (unpaired) electrons. The first-order chi connectivity index (χ1) is 6.27. The van der Waals surface area contributed by atoms with E-state index in [1.807, 2.05) is 6.20 Å². The first-order valence-corrected chi connectivity index (χ1v) is 5.91. The van der Waals surface area contributed by atoms with Crippen molar-refractivity contribution >= 4 is 8.58 Å². The number of hydrogen-bond donors (Lipinski definition) is 2. The third-order valence-corrected chi connectivity index (χ3v) is 4.41. The van der Waals surface area contributed by atoms with Crippen molar-refractivity contribution in [1.29, 1.82) is 0 Å². The Morgan fingerprint density at radius 1 is 1.23 bits per heavy atom. The van der Waals surface area contributed by atoms with Crippen molar-refractivity contribution in [3.05, 3.63) is 35.7 Å². The number of aromatic nitrogens is 2. The Labute approximate surface area is 85.4 Å². The molecule has 0 atom stereocenters. The summed E-state index contributed by atoms with van der Waals surface area (Å²) in [6.07, 6.45) is 4.07. The summed E-state index contributed by atoms with van der Waals surface area (Å²) in [4.78, 5) is 6.57. The van der Waals surface area contributed by atoms with Crippen LogP contribution in [0.4, 0.5) is 0 Å². The Hall–Kier alpha value is -0.817. The van der Waals surface area contributed by atoms with Gasteiger partial charge in [-0.2, -0.15) is 0 Å². The number of aromatic amines is 2. The van der Waals surface area contributed by atoms with Gasteiger partial charge in [-0.05, 0) is 0 Å². The number of rotatable bonds is 2. The molecule has 2 nitrogen and oxygen atoms in total. The van der Waals surface area contributed by atoms with Crippen molar-refractivity contribution in [2.75, 3.05) is 0 Å². The minimum atomic E-state index is 0.138. The van der Waals surface area contributed by atoms with Crippen molar-refractivity contribution in [2.45, 2.75) is 13.8 Å². The molecule has 0 unspecified atom stereocenters. The third kappa shape index (κ3) is 1.75. The fraction of sp³-hybridized carbons (Fsp3) is 0.200. The summed E-state index contributed by atoms with van der Waals surface area (Å²) < 4.78 is 2.74. The molecule has 0 amide bonds. The standard InChI is InChI=1S/C6H8N.C4H4N.Ru/c1-5-3-7-4-6(5)2;1-2-4-5-3-1;/h3,7H,1-2H3;1-3,5H;. The molecule has 0 aliphatic rings. The number of aryl methyl sites for hydroxylation is 1. The minimum absolute atomic E-state index is 0.138. The van der Waals surface area contributed by atoms with Crippen LogP contribution in [-0.2, 0) is 17.1 Å². The van der Waals surface area contributed by atoms with Crippen LogP contribution in [0.15, 0.2) is 24.5 Å². The average molecular weight is 261 g/mol. The van der Waals surface area contributed by atoms with Crippen LogP contribution < -0.4 is 8.58 Å². The molecule has 2 aromatic heterocycles. The van der Waals surface area contributed by atoms with Gasteiger partial charge in [-0.1, -0.05) is 0 Å². The van der Waals surface area contributed by atoms with Crippen LogP contribution in [0.1, 0.15) is 11.1 Å². The molecule has 2 N–H and O–H groups in total. The molecule has 0 aromatic carbocycles. The first kappa shape index (κ1) is 8.77. The van der Waals surface area contributed by atoms with E-state index in [2.05, 4.69) is 42.1 Å². The summed E-state index contributed by atoms with van der Waals surface area (Å²) in [7, 11) is 0. The van der Waals surface area contributed by atoms with Gasteiger partial charge in [0.2, 0.25) is 0 Å². The quantitative estimate of drug-likeness (QED) is 0.756. The van der Waals surface area contributed by atoms with Crippen LogP contribution in [0.3, 0.4) is 0 Å². The topological polar surface area (TPSA) is 31.6 Å². The molecule has 0 aliphatic heterocycles. The van der Waals surface area contributed by atoms with Crippen molar-refractivity contribution in [1.82, 2.24) is 9.97 Å². The molecule has 0 aliphatic carbocycles.